The van der Waals surface area contributed by atoms with Gasteiger partial charge in [-0.05, 0) is 24.1 Å². The molecular formula is C22H22BrNO3. The fraction of sp³-hybridized carbons (Fsp3) is 0.273. The van der Waals surface area contributed by atoms with Crippen LogP contribution < -0.4 is 0 Å². The molecule has 27 heavy (non-hydrogen) atoms. The number of rotatable bonds is 6. The number of aliphatic hydroxyl groups excluding tert-OH is 1. The average molecular weight is 428 g/mol. The van der Waals surface area contributed by atoms with E-state index in [9.17, 15) is 14.7 Å². The minimum atomic E-state index is -0.624. The Hall–Kier alpha value is -2.40. The number of halogens is 1. The number of hydrogen-bond donors (Lipinski definition) is 1. The SMILES string of the molecule is CCCCCN1C(=O)C(=O)/C(=C(\O)c2ccc(Br)cc2)C1c1ccccc1. The highest BCUT2D eigenvalue weighted by Gasteiger charge is 2.45. The second-order valence-electron chi connectivity index (χ2n) is 6.62. The molecule has 2 aromatic rings. The molecule has 0 spiro atoms. The normalized spacial score (nSPS) is 18.9. The largest absolute Gasteiger partial charge is 0.507 e. The molecule has 0 radical (unpaired) electrons. The van der Waals surface area contributed by atoms with Crippen molar-refractivity contribution >= 4 is 33.4 Å². The Balaban J connectivity index is 2.09. The summed E-state index contributed by atoms with van der Waals surface area (Å²) in [4.78, 5) is 27.1. The molecule has 2 aromatic carbocycles. The second kappa shape index (κ2) is 8.53. The zero-order valence-electron chi connectivity index (χ0n) is 15.2. The lowest BCUT2D eigenvalue weighted by molar-refractivity contribution is -0.139. The van der Waals surface area contributed by atoms with Gasteiger partial charge in [0.1, 0.15) is 5.76 Å². The third-order valence-electron chi connectivity index (χ3n) is 4.78. The van der Waals surface area contributed by atoms with E-state index in [2.05, 4.69) is 22.9 Å². The molecular weight excluding hydrogens is 406 g/mol. The zero-order valence-corrected chi connectivity index (χ0v) is 16.8. The average Bonchev–Trinajstić information content (AvgIpc) is 2.94. The van der Waals surface area contributed by atoms with Gasteiger partial charge in [-0.25, -0.2) is 0 Å². The molecule has 1 N–H and O–H groups in total. The van der Waals surface area contributed by atoms with Crippen molar-refractivity contribution in [2.24, 2.45) is 0 Å². The Labute approximate surface area is 167 Å². The molecule has 1 aliphatic heterocycles. The van der Waals surface area contributed by atoms with Crippen LogP contribution in [0.25, 0.3) is 5.76 Å². The van der Waals surface area contributed by atoms with Crippen LogP contribution >= 0.6 is 15.9 Å². The number of ketones is 1. The minimum absolute atomic E-state index is 0.132. The Morgan fingerprint density at radius 2 is 1.70 bits per heavy atom. The molecule has 1 saturated heterocycles. The van der Waals surface area contributed by atoms with Crippen LogP contribution in [0.5, 0.6) is 0 Å². The molecule has 140 valence electrons. The molecule has 0 aromatic heterocycles. The van der Waals surface area contributed by atoms with Crippen molar-refractivity contribution in [3.05, 3.63) is 75.8 Å². The molecule has 1 heterocycles. The van der Waals surface area contributed by atoms with Crippen LogP contribution in [0.15, 0.2) is 64.6 Å². The third-order valence-corrected chi connectivity index (χ3v) is 5.30. The summed E-state index contributed by atoms with van der Waals surface area (Å²) in [5, 5.41) is 10.9. The van der Waals surface area contributed by atoms with Gasteiger partial charge in [-0.15, -0.1) is 0 Å². The molecule has 1 amide bonds. The van der Waals surface area contributed by atoms with E-state index in [0.717, 1.165) is 29.3 Å². The van der Waals surface area contributed by atoms with Gasteiger partial charge in [0.15, 0.2) is 0 Å². The summed E-state index contributed by atoms with van der Waals surface area (Å²) in [6, 6.07) is 15.9. The first-order chi connectivity index (χ1) is 13.0. The predicted molar refractivity (Wildman–Crippen MR) is 109 cm³/mol. The number of unbranched alkanes of at least 4 members (excludes halogenated alkanes) is 2. The van der Waals surface area contributed by atoms with Crippen LogP contribution in [0.2, 0.25) is 0 Å². The number of benzene rings is 2. The maximum Gasteiger partial charge on any atom is 0.295 e. The first-order valence-electron chi connectivity index (χ1n) is 9.14. The van der Waals surface area contributed by atoms with E-state index in [1.54, 1.807) is 29.2 Å². The third kappa shape index (κ3) is 3.98. The van der Waals surface area contributed by atoms with Crippen LogP contribution in [-0.2, 0) is 9.59 Å². The van der Waals surface area contributed by atoms with E-state index in [1.165, 1.54) is 0 Å². The van der Waals surface area contributed by atoms with E-state index in [0.29, 0.717) is 12.1 Å². The Morgan fingerprint density at radius 1 is 1.04 bits per heavy atom. The highest BCUT2D eigenvalue weighted by molar-refractivity contribution is 9.10. The summed E-state index contributed by atoms with van der Waals surface area (Å²) in [5.41, 5.74) is 1.50. The lowest BCUT2D eigenvalue weighted by atomic mass is 9.95. The maximum atomic E-state index is 12.8. The monoisotopic (exact) mass is 427 g/mol. The zero-order chi connectivity index (χ0) is 19.4. The maximum absolute atomic E-state index is 12.8. The number of hydrogen-bond acceptors (Lipinski definition) is 3. The summed E-state index contributed by atoms with van der Waals surface area (Å²) in [7, 11) is 0. The van der Waals surface area contributed by atoms with E-state index in [1.807, 2.05) is 30.3 Å². The van der Waals surface area contributed by atoms with Crippen LogP contribution in [0.1, 0.15) is 43.4 Å². The van der Waals surface area contributed by atoms with Crippen molar-refractivity contribution in [2.45, 2.75) is 32.2 Å². The molecule has 5 heteroatoms. The first kappa shape index (κ1) is 19.4. The van der Waals surface area contributed by atoms with Gasteiger partial charge in [0, 0.05) is 16.6 Å². The Bertz CT molecular complexity index is 859. The number of amides is 1. The fourth-order valence-electron chi connectivity index (χ4n) is 3.39. The quantitative estimate of drug-likeness (QED) is 0.303. The van der Waals surface area contributed by atoms with Gasteiger partial charge in [-0.3, -0.25) is 9.59 Å². The van der Waals surface area contributed by atoms with Crippen LogP contribution in [0.3, 0.4) is 0 Å². The molecule has 1 unspecified atom stereocenters. The van der Waals surface area contributed by atoms with Crippen molar-refractivity contribution in [1.82, 2.24) is 4.90 Å². The summed E-state index contributed by atoms with van der Waals surface area (Å²) < 4.78 is 0.874. The number of carbonyl (C=O) groups excluding carboxylic acids is 2. The summed E-state index contributed by atoms with van der Waals surface area (Å²) in [5.74, 6) is -1.30. The summed E-state index contributed by atoms with van der Waals surface area (Å²) >= 11 is 3.37. The smallest absolute Gasteiger partial charge is 0.295 e. The highest BCUT2D eigenvalue weighted by Crippen LogP contribution is 2.39. The van der Waals surface area contributed by atoms with Gasteiger partial charge in [0.05, 0.1) is 11.6 Å². The van der Waals surface area contributed by atoms with E-state index >= 15 is 0 Å². The van der Waals surface area contributed by atoms with Crippen molar-refractivity contribution in [1.29, 1.82) is 0 Å². The van der Waals surface area contributed by atoms with Gasteiger partial charge in [-0.1, -0.05) is 78.2 Å². The molecule has 1 aliphatic rings. The summed E-state index contributed by atoms with van der Waals surface area (Å²) in [6.07, 6.45) is 2.83. The molecule has 1 fully saturated rings. The number of carbonyl (C=O) groups is 2. The highest BCUT2D eigenvalue weighted by atomic mass is 79.9. The van der Waals surface area contributed by atoms with E-state index in [4.69, 9.17) is 0 Å². The number of Topliss-reactive ketones (excluding diaryl/α,β-unsaturated/α-hetero) is 1. The van der Waals surface area contributed by atoms with E-state index in [-0.39, 0.29) is 11.3 Å². The molecule has 4 nitrogen and oxygen atoms in total. The Morgan fingerprint density at radius 3 is 2.33 bits per heavy atom. The van der Waals surface area contributed by atoms with Crippen LogP contribution in [0, 0.1) is 0 Å². The molecule has 1 atom stereocenters. The van der Waals surface area contributed by atoms with Crippen molar-refractivity contribution < 1.29 is 14.7 Å². The standard InChI is InChI=1S/C22H22BrNO3/c1-2-3-7-14-24-19(15-8-5-4-6-9-15)18(21(26)22(24)27)20(25)16-10-12-17(23)13-11-16/h4-6,8-13,19,25H,2-3,7,14H2,1H3/b20-18-. The van der Waals surface area contributed by atoms with Gasteiger partial charge in [-0.2, -0.15) is 0 Å². The van der Waals surface area contributed by atoms with Gasteiger partial charge < -0.3 is 10.0 Å². The first-order valence-corrected chi connectivity index (χ1v) is 9.93. The van der Waals surface area contributed by atoms with Crippen LogP contribution in [0.4, 0.5) is 0 Å². The van der Waals surface area contributed by atoms with Crippen molar-refractivity contribution in [3.63, 3.8) is 0 Å². The van der Waals surface area contributed by atoms with Gasteiger partial charge >= 0.3 is 0 Å². The van der Waals surface area contributed by atoms with E-state index < -0.39 is 17.7 Å². The minimum Gasteiger partial charge on any atom is -0.507 e. The van der Waals surface area contributed by atoms with Crippen LogP contribution in [-0.4, -0.2) is 28.2 Å². The lowest BCUT2D eigenvalue weighted by Crippen LogP contribution is -2.30. The molecule has 0 saturated carbocycles. The van der Waals surface area contributed by atoms with Gasteiger partial charge in [0.25, 0.3) is 11.7 Å². The molecule has 3 rings (SSSR count). The Kier molecular flexibility index (Phi) is 6.11. The summed E-state index contributed by atoms with van der Waals surface area (Å²) in [6.45, 7) is 2.59. The van der Waals surface area contributed by atoms with Gasteiger partial charge in [0.2, 0.25) is 0 Å². The van der Waals surface area contributed by atoms with Crippen molar-refractivity contribution in [2.75, 3.05) is 6.54 Å². The molecule has 0 bridgehead atoms. The fourth-order valence-corrected chi connectivity index (χ4v) is 3.65. The predicted octanol–water partition coefficient (Wildman–Crippen LogP) is 5.06. The number of nitrogens with zero attached hydrogens (tertiary/aromatic N) is 1. The topological polar surface area (TPSA) is 57.6 Å². The lowest BCUT2D eigenvalue weighted by Gasteiger charge is -2.25. The van der Waals surface area contributed by atoms with Crippen molar-refractivity contribution in [3.8, 4) is 0 Å². The number of likely N-dealkylation sites (tertiary alicyclic amines) is 1. The second-order valence-corrected chi connectivity index (χ2v) is 7.53. The number of aliphatic hydroxyl groups is 1. The molecule has 0 aliphatic carbocycles.